The van der Waals surface area contributed by atoms with Crippen LogP contribution in [0.1, 0.15) is 20.8 Å². The van der Waals surface area contributed by atoms with E-state index < -0.39 is 12.1 Å². The van der Waals surface area contributed by atoms with Crippen LogP contribution in [-0.4, -0.2) is 36.0 Å². The summed E-state index contributed by atoms with van der Waals surface area (Å²) in [6, 6.07) is -0.509. The zero-order valence-electron chi connectivity index (χ0n) is 8.33. The van der Waals surface area contributed by atoms with E-state index in [1.54, 1.807) is 0 Å². The van der Waals surface area contributed by atoms with Crippen LogP contribution in [0.3, 0.4) is 0 Å². The topological polar surface area (TPSA) is 84.6 Å². The van der Waals surface area contributed by atoms with Crippen LogP contribution in [0, 0.1) is 0 Å². The van der Waals surface area contributed by atoms with Gasteiger partial charge in [-0.25, -0.2) is 4.79 Å². The Kier molecular flexibility index (Phi) is 4.72. The van der Waals surface area contributed by atoms with Crippen LogP contribution in [-0.2, 0) is 4.74 Å². The second kappa shape index (κ2) is 5.04. The number of ether oxygens (including phenoxy) is 1. The maximum atomic E-state index is 11.0. The molecule has 0 saturated carbocycles. The Bertz CT molecular complexity index is 165. The summed E-state index contributed by atoms with van der Waals surface area (Å²) in [6.45, 7) is 5.38. The van der Waals surface area contributed by atoms with Crippen molar-refractivity contribution in [3.05, 3.63) is 0 Å². The highest BCUT2D eigenvalue weighted by Gasteiger charge is 2.15. The molecule has 0 rings (SSSR count). The second-order valence-corrected chi connectivity index (χ2v) is 3.92. The maximum absolute atomic E-state index is 11.0. The molecule has 0 aromatic heterocycles. The minimum atomic E-state index is -0.517. The molecule has 0 aromatic carbocycles. The van der Waals surface area contributed by atoms with E-state index in [1.807, 2.05) is 20.8 Å². The van der Waals surface area contributed by atoms with Gasteiger partial charge in [0, 0.05) is 5.54 Å². The number of carbonyl (C=O) groups is 1. The van der Waals surface area contributed by atoms with Gasteiger partial charge in [-0.15, -0.1) is 0 Å². The Hall–Kier alpha value is -0.810. The summed E-state index contributed by atoms with van der Waals surface area (Å²) >= 11 is 0. The molecule has 1 amide bonds. The molecule has 5 heteroatoms. The fraction of sp³-hybridized carbons (Fsp3) is 0.875. The molecule has 0 unspecified atom stereocenters. The van der Waals surface area contributed by atoms with Crippen LogP contribution < -0.4 is 11.1 Å². The monoisotopic (exact) mass is 190 g/mol. The molecule has 0 radical (unpaired) electrons. The number of aliphatic hydroxyl groups excluding tert-OH is 1. The van der Waals surface area contributed by atoms with Gasteiger partial charge in [0.2, 0.25) is 0 Å². The van der Waals surface area contributed by atoms with Gasteiger partial charge in [0.05, 0.1) is 12.6 Å². The number of carbonyl (C=O) groups excluding carboxylic acids is 1. The van der Waals surface area contributed by atoms with Crippen LogP contribution in [0.4, 0.5) is 4.79 Å². The van der Waals surface area contributed by atoms with Crippen molar-refractivity contribution >= 4 is 6.09 Å². The first-order valence-electron chi connectivity index (χ1n) is 4.16. The molecule has 4 N–H and O–H groups in total. The summed E-state index contributed by atoms with van der Waals surface area (Å²) in [7, 11) is 0. The van der Waals surface area contributed by atoms with E-state index >= 15 is 0 Å². The van der Waals surface area contributed by atoms with Crippen molar-refractivity contribution in [2.24, 2.45) is 5.73 Å². The van der Waals surface area contributed by atoms with Gasteiger partial charge < -0.3 is 20.9 Å². The lowest BCUT2D eigenvalue weighted by molar-refractivity contribution is 0.119. The lowest BCUT2D eigenvalue weighted by Crippen LogP contribution is -2.42. The zero-order chi connectivity index (χ0) is 10.5. The van der Waals surface area contributed by atoms with E-state index in [1.165, 1.54) is 0 Å². The van der Waals surface area contributed by atoms with Crippen LogP contribution >= 0.6 is 0 Å². The van der Waals surface area contributed by atoms with Gasteiger partial charge in [-0.2, -0.15) is 0 Å². The molecule has 0 spiro atoms. The van der Waals surface area contributed by atoms with E-state index in [4.69, 9.17) is 15.6 Å². The Balaban J connectivity index is 3.64. The molecule has 0 heterocycles. The summed E-state index contributed by atoms with van der Waals surface area (Å²) < 4.78 is 4.74. The van der Waals surface area contributed by atoms with Crippen molar-refractivity contribution in [2.45, 2.75) is 32.4 Å². The number of alkyl carbamates (subject to hydrolysis) is 1. The molecule has 0 aromatic rings. The summed E-state index contributed by atoms with van der Waals surface area (Å²) in [4.78, 5) is 11.0. The third kappa shape index (κ3) is 7.55. The lowest BCUT2D eigenvalue weighted by atomic mass is 10.1. The predicted molar refractivity (Wildman–Crippen MR) is 49.3 cm³/mol. The van der Waals surface area contributed by atoms with Gasteiger partial charge >= 0.3 is 6.09 Å². The molecule has 0 saturated heterocycles. The minimum absolute atomic E-state index is 0.0262. The van der Waals surface area contributed by atoms with E-state index in [0.29, 0.717) is 0 Å². The van der Waals surface area contributed by atoms with Crippen LogP contribution in [0.2, 0.25) is 0 Å². The van der Waals surface area contributed by atoms with E-state index in [2.05, 4.69) is 5.32 Å². The van der Waals surface area contributed by atoms with Crippen LogP contribution in [0.5, 0.6) is 0 Å². The standard InChI is InChI=1S/C8H18N2O3/c1-8(2,3)10-7(12)13-5-6(9)4-11/h6,11H,4-5,9H2,1-3H3,(H,10,12)/t6-/m1/s1. The third-order valence-corrected chi connectivity index (χ3v) is 1.14. The second-order valence-electron chi connectivity index (χ2n) is 3.92. The fourth-order valence-electron chi connectivity index (χ4n) is 0.578. The molecule has 0 fully saturated rings. The number of aliphatic hydroxyl groups is 1. The number of rotatable bonds is 3. The molecule has 0 aliphatic heterocycles. The fourth-order valence-corrected chi connectivity index (χ4v) is 0.578. The molecular formula is C8H18N2O3. The Labute approximate surface area is 78.3 Å². The van der Waals surface area contributed by atoms with Gasteiger partial charge in [-0.05, 0) is 20.8 Å². The van der Waals surface area contributed by atoms with E-state index in [9.17, 15) is 4.79 Å². The summed E-state index contributed by atoms with van der Waals surface area (Å²) in [5.74, 6) is 0. The van der Waals surface area contributed by atoms with Gasteiger partial charge in [-0.1, -0.05) is 0 Å². The normalized spacial score (nSPS) is 13.6. The Morgan fingerprint density at radius 3 is 2.54 bits per heavy atom. The van der Waals surface area contributed by atoms with E-state index in [0.717, 1.165) is 0 Å². The third-order valence-electron chi connectivity index (χ3n) is 1.14. The Morgan fingerprint density at radius 1 is 1.62 bits per heavy atom. The predicted octanol–water partition coefficient (Wildman–Crippen LogP) is -0.169. The highest BCUT2D eigenvalue weighted by atomic mass is 16.5. The highest BCUT2D eigenvalue weighted by Crippen LogP contribution is 1.98. The van der Waals surface area contributed by atoms with Gasteiger partial charge in [0.25, 0.3) is 0 Å². The lowest BCUT2D eigenvalue weighted by Gasteiger charge is -2.20. The highest BCUT2D eigenvalue weighted by molar-refractivity contribution is 5.68. The van der Waals surface area contributed by atoms with E-state index in [-0.39, 0.29) is 18.8 Å². The van der Waals surface area contributed by atoms with Gasteiger partial charge in [0.1, 0.15) is 6.61 Å². The molecule has 0 aliphatic rings. The minimum Gasteiger partial charge on any atom is -0.448 e. The van der Waals surface area contributed by atoms with Crippen molar-refractivity contribution in [3.63, 3.8) is 0 Å². The number of nitrogens with two attached hydrogens (primary N) is 1. The smallest absolute Gasteiger partial charge is 0.407 e. The zero-order valence-corrected chi connectivity index (χ0v) is 8.33. The molecule has 78 valence electrons. The molecule has 13 heavy (non-hydrogen) atoms. The number of hydrogen-bond donors (Lipinski definition) is 3. The summed E-state index contributed by atoms with van der Waals surface area (Å²) in [6.07, 6.45) is -0.517. The van der Waals surface area contributed by atoms with Gasteiger partial charge in [0.15, 0.2) is 0 Å². The van der Waals surface area contributed by atoms with Crippen LogP contribution in [0.25, 0.3) is 0 Å². The first kappa shape index (κ1) is 12.2. The summed E-state index contributed by atoms with van der Waals surface area (Å²) in [5.41, 5.74) is 5.01. The molecular weight excluding hydrogens is 172 g/mol. The average Bonchev–Trinajstić information content (AvgIpc) is 1.97. The Morgan fingerprint density at radius 2 is 2.15 bits per heavy atom. The first-order valence-corrected chi connectivity index (χ1v) is 4.16. The van der Waals surface area contributed by atoms with Crippen molar-refractivity contribution in [2.75, 3.05) is 13.2 Å². The van der Waals surface area contributed by atoms with Crippen LogP contribution in [0.15, 0.2) is 0 Å². The van der Waals surface area contributed by atoms with Crippen molar-refractivity contribution in [3.8, 4) is 0 Å². The number of nitrogens with one attached hydrogen (secondary N) is 1. The van der Waals surface area contributed by atoms with Gasteiger partial charge in [-0.3, -0.25) is 0 Å². The molecule has 5 nitrogen and oxygen atoms in total. The number of hydrogen-bond acceptors (Lipinski definition) is 4. The quantitative estimate of drug-likeness (QED) is 0.577. The van der Waals surface area contributed by atoms with Crippen molar-refractivity contribution in [1.29, 1.82) is 0 Å². The number of amides is 1. The first-order chi connectivity index (χ1) is 5.85. The maximum Gasteiger partial charge on any atom is 0.407 e. The molecule has 1 atom stereocenters. The van der Waals surface area contributed by atoms with Crippen molar-refractivity contribution in [1.82, 2.24) is 5.32 Å². The largest absolute Gasteiger partial charge is 0.448 e. The SMILES string of the molecule is CC(C)(C)NC(=O)OC[C@H](N)CO. The average molecular weight is 190 g/mol. The van der Waals surface area contributed by atoms with Crippen molar-refractivity contribution < 1.29 is 14.6 Å². The molecule has 0 bridgehead atoms. The molecule has 0 aliphatic carbocycles. The summed E-state index contributed by atoms with van der Waals surface area (Å²) in [5, 5.41) is 11.1.